The van der Waals surface area contributed by atoms with Gasteiger partial charge in [0.1, 0.15) is 6.04 Å². The lowest BCUT2D eigenvalue weighted by molar-refractivity contribution is -0.143. The van der Waals surface area contributed by atoms with Crippen LogP contribution in [0.3, 0.4) is 0 Å². The quantitative estimate of drug-likeness (QED) is 0.811. The first-order chi connectivity index (χ1) is 8.82. The molecule has 0 saturated carbocycles. The van der Waals surface area contributed by atoms with Crippen LogP contribution in [0.25, 0.3) is 0 Å². The fraction of sp³-hybridized carbons (Fsp3) is 0.583. The highest BCUT2D eigenvalue weighted by molar-refractivity contribution is 7.07. The number of carboxylic acids is 1. The number of nitrogens with zero attached hydrogens (tertiary/aromatic N) is 1. The summed E-state index contributed by atoms with van der Waals surface area (Å²) in [5, 5.41) is 13.2. The van der Waals surface area contributed by atoms with Crippen LogP contribution in [0.5, 0.6) is 0 Å². The molecule has 106 valence electrons. The fourth-order valence-corrected chi connectivity index (χ4v) is 2.41. The van der Waals surface area contributed by atoms with Gasteiger partial charge in [0.2, 0.25) is 5.91 Å². The van der Waals surface area contributed by atoms with Crippen LogP contribution in [0.1, 0.15) is 26.0 Å². The average Bonchev–Trinajstić information content (AvgIpc) is 2.62. The number of aromatic nitrogens is 1. The van der Waals surface area contributed by atoms with Crippen LogP contribution < -0.4 is 10.2 Å². The van der Waals surface area contributed by atoms with Crippen LogP contribution in [0.15, 0.2) is 10.2 Å². The lowest BCUT2D eigenvalue weighted by Crippen LogP contribution is -2.44. The summed E-state index contributed by atoms with van der Waals surface area (Å²) in [4.78, 5) is 34.0. The molecule has 1 atom stereocenters. The van der Waals surface area contributed by atoms with E-state index in [1.165, 1.54) is 4.57 Å². The summed E-state index contributed by atoms with van der Waals surface area (Å²) < 4.78 is 1.51. The summed E-state index contributed by atoms with van der Waals surface area (Å²) in [5.74, 6) is -1.60. The standard InChI is InChI=1S/C12H18N2O4S/c1-7(2)10(11(16)17)13-9(15)4-5-14-8(3)6-19-12(14)18/h6-7,10H,4-5H2,1-3H3,(H,13,15)(H,16,17)/t10-/m0/s1. The van der Waals surface area contributed by atoms with E-state index in [0.29, 0.717) is 0 Å². The molecule has 0 unspecified atom stereocenters. The number of aliphatic carboxylic acids is 1. The van der Waals surface area contributed by atoms with E-state index in [0.717, 1.165) is 17.0 Å². The largest absolute Gasteiger partial charge is 0.480 e. The highest BCUT2D eigenvalue weighted by Gasteiger charge is 2.23. The van der Waals surface area contributed by atoms with Crippen molar-refractivity contribution in [2.45, 2.75) is 39.8 Å². The second-order valence-corrected chi connectivity index (χ2v) is 5.49. The van der Waals surface area contributed by atoms with E-state index in [-0.39, 0.29) is 29.7 Å². The average molecular weight is 286 g/mol. The first-order valence-corrected chi connectivity index (χ1v) is 6.88. The van der Waals surface area contributed by atoms with Gasteiger partial charge >= 0.3 is 10.8 Å². The topological polar surface area (TPSA) is 88.4 Å². The van der Waals surface area contributed by atoms with Gasteiger partial charge in [-0.3, -0.25) is 9.59 Å². The zero-order valence-electron chi connectivity index (χ0n) is 11.2. The zero-order chi connectivity index (χ0) is 14.6. The third-order valence-electron chi connectivity index (χ3n) is 2.79. The number of carbonyl (C=O) groups excluding carboxylic acids is 1. The highest BCUT2D eigenvalue weighted by Crippen LogP contribution is 2.04. The minimum absolute atomic E-state index is 0.0912. The number of rotatable bonds is 6. The number of aryl methyl sites for hydroxylation is 1. The second kappa shape index (κ2) is 6.51. The molecule has 0 aliphatic heterocycles. The number of thiazole rings is 1. The SMILES string of the molecule is Cc1csc(=O)n1CCC(=O)N[C@H](C(=O)O)C(C)C. The molecular weight excluding hydrogens is 268 g/mol. The van der Waals surface area contributed by atoms with Gasteiger partial charge in [-0.15, -0.1) is 0 Å². The van der Waals surface area contributed by atoms with Crippen LogP contribution in [0, 0.1) is 12.8 Å². The fourth-order valence-electron chi connectivity index (χ4n) is 1.65. The van der Waals surface area contributed by atoms with Crippen molar-refractivity contribution < 1.29 is 14.7 Å². The molecule has 6 nitrogen and oxygen atoms in total. The molecule has 0 fully saturated rings. The normalized spacial score (nSPS) is 12.4. The summed E-state index contributed by atoms with van der Waals surface area (Å²) >= 11 is 1.09. The van der Waals surface area contributed by atoms with Crippen LogP contribution in [-0.4, -0.2) is 27.6 Å². The summed E-state index contributed by atoms with van der Waals surface area (Å²) in [6.45, 7) is 5.52. The molecule has 0 aromatic carbocycles. The number of hydrogen-bond acceptors (Lipinski definition) is 4. The Kier molecular flexibility index (Phi) is 5.29. The maximum Gasteiger partial charge on any atom is 0.326 e. The summed E-state index contributed by atoms with van der Waals surface area (Å²) in [7, 11) is 0. The van der Waals surface area contributed by atoms with Gasteiger partial charge in [-0.1, -0.05) is 25.2 Å². The number of carboxylic acid groups (broad SMARTS) is 1. The summed E-state index contributed by atoms with van der Waals surface area (Å²) in [6.07, 6.45) is 0.0912. The number of nitrogens with one attached hydrogen (secondary N) is 1. The van der Waals surface area contributed by atoms with E-state index in [4.69, 9.17) is 5.11 Å². The van der Waals surface area contributed by atoms with Crippen LogP contribution in [0.4, 0.5) is 0 Å². The smallest absolute Gasteiger partial charge is 0.326 e. The molecule has 0 saturated heterocycles. The molecule has 0 spiro atoms. The van der Waals surface area contributed by atoms with Gasteiger partial charge in [-0.05, 0) is 12.8 Å². The lowest BCUT2D eigenvalue weighted by Gasteiger charge is -2.17. The first-order valence-electron chi connectivity index (χ1n) is 6.00. The molecule has 1 rings (SSSR count). The maximum absolute atomic E-state index is 11.7. The van der Waals surface area contributed by atoms with Gasteiger partial charge in [-0.25, -0.2) is 4.79 Å². The maximum atomic E-state index is 11.7. The van der Waals surface area contributed by atoms with Gasteiger partial charge in [0.05, 0.1) is 0 Å². The van der Waals surface area contributed by atoms with E-state index >= 15 is 0 Å². The predicted molar refractivity (Wildman–Crippen MR) is 72.3 cm³/mol. The van der Waals surface area contributed by atoms with Crippen molar-refractivity contribution in [1.29, 1.82) is 0 Å². The molecule has 1 aromatic rings. The molecule has 1 aromatic heterocycles. The minimum Gasteiger partial charge on any atom is -0.480 e. The lowest BCUT2D eigenvalue weighted by atomic mass is 10.0. The Labute approximate surface area is 115 Å². The van der Waals surface area contributed by atoms with Crippen molar-refractivity contribution in [3.8, 4) is 0 Å². The number of hydrogen-bond donors (Lipinski definition) is 2. The molecule has 0 aliphatic rings. The third-order valence-corrected chi connectivity index (χ3v) is 3.67. The molecular formula is C12H18N2O4S. The molecule has 0 aliphatic carbocycles. The molecule has 0 radical (unpaired) electrons. The van der Waals surface area contributed by atoms with Crippen LogP contribution >= 0.6 is 11.3 Å². The van der Waals surface area contributed by atoms with E-state index in [9.17, 15) is 14.4 Å². The van der Waals surface area contributed by atoms with E-state index in [1.807, 2.05) is 0 Å². The van der Waals surface area contributed by atoms with E-state index < -0.39 is 12.0 Å². The van der Waals surface area contributed by atoms with Crippen molar-refractivity contribution in [2.75, 3.05) is 0 Å². The van der Waals surface area contributed by atoms with E-state index in [2.05, 4.69) is 5.32 Å². The van der Waals surface area contributed by atoms with Gasteiger partial charge in [0.25, 0.3) is 0 Å². The Hall–Kier alpha value is -1.63. The zero-order valence-corrected chi connectivity index (χ0v) is 12.0. The van der Waals surface area contributed by atoms with Gasteiger partial charge in [0, 0.05) is 24.0 Å². The van der Waals surface area contributed by atoms with E-state index in [1.54, 1.807) is 26.2 Å². The van der Waals surface area contributed by atoms with Gasteiger partial charge in [0.15, 0.2) is 0 Å². The molecule has 19 heavy (non-hydrogen) atoms. The first kappa shape index (κ1) is 15.4. The van der Waals surface area contributed by atoms with Gasteiger partial charge in [-0.2, -0.15) is 0 Å². The number of amides is 1. The highest BCUT2D eigenvalue weighted by atomic mass is 32.1. The molecule has 0 bridgehead atoms. The second-order valence-electron chi connectivity index (χ2n) is 4.67. The summed E-state index contributed by atoms with van der Waals surface area (Å²) in [6, 6.07) is -0.896. The van der Waals surface area contributed by atoms with Crippen LogP contribution in [0.2, 0.25) is 0 Å². The Morgan fingerprint density at radius 1 is 1.47 bits per heavy atom. The van der Waals surface area contributed by atoms with Crippen molar-refractivity contribution in [1.82, 2.24) is 9.88 Å². The monoisotopic (exact) mass is 286 g/mol. The summed E-state index contributed by atoms with van der Waals surface area (Å²) in [5.41, 5.74) is 0.807. The minimum atomic E-state index is -1.05. The Bertz CT molecular complexity index is 518. The predicted octanol–water partition coefficient (Wildman–Crippen LogP) is 0.834. The Morgan fingerprint density at radius 2 is 2.11 bits per heavy atom. The van der Waals surface area contributed by atoms with Crippen LogP contribution in [-0.2, 0) is 16.1 Å². The molecule has 7 heteroatoms. The molecule has 1 amide bonds. The Balaban J connectivity index is 2.57. The van der Waals surface area contributed by atoms with Crippen molar-refractivity contribution >= 4 is 23.2 Å². The van der Waals surface area contributed by atoms with Crippen molar-refractivity contribution in [3.05, 3.63) is 20.7 Å². The van der Waals surface area contributed by atoms with Crippen molar-refractivity contribution in [3.63, 3.8) is 0 Å². The van der Waals surface area contributed by atoms with Crippen molar-refractivity contribution in [2.24, 2.45) is 5.92 Å². The third kappa shape index (κ3) is 4.20. The molecule has 2 N–H and O–H groups in total. The number of carbonyl (C=O) groups is 2. The Morgan fingerprint density at radius 3 is 2.53 bits per heavy atom. The molecule has 1 heterocycles. The van der Waals surface area contributed by atoms with Gasteiger partial charge < -0.3 is 15.0 Å².